The number of carboxylic acid groups (broad SMARTS) is 1. The van der Waals surface area contributed by atoms with Gasteiger partial charge in [-0.2, -0.15) is 0 Å². The van der Waals surface area contributed by atoms with Gasteiger partial charge in [-0.25, -0.2) is 0 Å². The first-order valence-corrected chi connectivity index (χ1v) is 7.60. The molecule has 0 saturated carbocycles. The highest BCUT2D eigenvalue weighted by Crippen LogP contribution is 2.08. The third-order valence-corrected chi connectivity index (χ3v) is 3.44. The van der Waals surface area contributed by atoms with Gasteiger partial charge >= 0.3 is 5.97 Å². The molecule has 4 atom stereocenters. The summed E-state index contributed by atoms with van der Waals surface area (Å²) in [5.41, 5.74) is 5.38. The molecule has 0 saturated heterocycles. The molecule has 0 aromatic heterocycles. The van der Waals surface area contributed by atoms with Gasteiger partial charge < -0.3 is 31.9 Å². The number of nitrogens with one attached hydrogen (secondary N) is 3. The van der Waals surface area contributed by atoms with Crippen LogP contribution in [0.2, 0.25) is 0 Å². The van der Waals surface area contributed by atoms with E-state index in [1.54, 1.807) is 13.8 Å². The van der Waals surface area contributed by atoms with E-state index in [9.17, 15) is 24.3 Å². The van der Waals surface area contributed by atoms with Crippen molar-refractivity contribution in [1.82, 2.24) is 16.0 Å². The Kier molecular flexibility index (Phi) is 9.58. The predicted molar refractivity (Wildman–Crippen MR) is 84.7 cm³/mol. The van der Waals surface area contributed by atoms with Crippen molar-refractivity contribution in [2.24, 2.45) is 11.7 Å². The zero-order valence-electron chi connectivity index (χ0n) is 14.0. The number of carbonyl (C=O) groups excluding carboxylic acids is 3. The Hall–Kier alpha value is -2.20. The molecule has 4 unspecified atom stereocenters. The van der Waals surface area contributed by atoms with E-state index in [4.69, 9.17) is 10.8 Å². The van der Waals surface area contributed by atoms with Crippen LogP contribution in [0.25, 0.3) is 0 Å². The van der Waals surface area contributed by atoms with E-state index in [0.29, 0.717) is 6.42 Å². The fourth-order valence-electron chi connectivity index (χ4n) is 1.73. The predicted octanol–water partition coefficient (Wildman–Crippen LogP) is -2.46. The molecule has 24 heavy (non-hydrogen) atoms. The summed E-state index contributed by atoms with van der Waals surface area (Å²) < 4.78 is 0. The van der Waals surface area contributed by atoms with Crippen molar-refractivity contribution in [3.05, 3.63) is 0 Å². The van der Waals surface area contributed by atoms with Crippen LogP contribution in [0.4, 0.5) is 0 Å². The molecule has 0 rings (SSSR count). The van der Waals surface area contributed by atoms with Gasteiger partial charge in [0.2, 0.25) is 17.7 Å². The summed E-state index contributed by atoms with van der Waals surface area (Å²) in [4.78, 5) is 46.3. The fourth-order valence-corrected chi connectivity index (χ4v) is 1.73. The molecule has 0 heterocycles. The second kappa shape index (κ2) is 10.6. The lowest BCUT2D eigenvalue weighted by Gasteiger charge is -2.26. The Bertz CT molecular complexity index is 468. The molecule has 0 spiro atoms. The Morgan fingerprint density at radius 1 is 1.04 bits per heavy atom. The first-order valence-electron chi connectivity index (χ1n) is 7.60. The number of hydrogen-bond donors (Lipinski definition) is 6. The van der Waals surface area contributed by atoms with Crippen LogP contribution < -0.4 is 21.7 Å². The number of amides is 3. The highest BCUT2D eigenvalue weighted by Gasteiger charge is 2.30. The SMILES string of the molecule is CCC(C)C(NC(=O)C(CO)NC(=O)C(C)N)C(=O)NCC(=O)O. The minimum Gasteiger partial charge on any atom is -0.480 e. The van der Waals surface area contributed by atoms with Crippen molar-refractivity contribution in [2.45, 2.75) is 45.3 Å². The van der Waals surface area contributed by atoms with Gasteiger partial charge in [0.05, 0.1) is 12.6 Å². The van der Waals surface area contributed by atoms with Crippen molar-refractivity contribution in [2.75, 3.05) is 13.2 Å². The lowest BCUT2D eigenvalue weighted by Crippen LogP contribution is -2.58. The van der Waals surface area contributed by atoms with Crippen LogP contribution in [-0.2, 0) is 19.2 Å². The number of aliphatic carboxylic acids is 1. The van der Waals surface area contributed by atoms with Crippen LogP contribution in [0.1, 0.15) is 27.2 Å². The van der Waals surface area contributed by atoms with Crippen LogP contribution in [0.5, 0.6) is 0 Å². The van der Waals surface area contributed by atoms with Gasteiger partial charge in [-0.1, -0.05) is 20.3 Å². The molecule has 0 aliphatic carbocycles. The number of rotatable bonds is 10. The molecule has 7 N–H and O–H groups in total. The van der Waals surface area contributed by atoms with E-state index < -0.39 is 55.0 Å². The molecular weight excluding hydrogens is 320 g/mol. The molecule has 10 heteroatoms. The Balaban J connectivity index is 4.98. The average molecular weight is 346 g/mol. The molecule has 0 aromatic carbocycles. The van der Waals surface area contributed by atoms with Crippen LogP contribution in [-0.4, -0.2) is 65.2 Å². The molecule has 0 aliphatic rings. The lowest BCUT2D eigenvalue weighted by molar-refractivity contribution is -0.139. The van der Waals surface area contributed by atoms with Gasteiger partial charge in [-0.05, 0) is 12.8 Å². The largest absolute Gasteiger partial charge is 0.480 e. The highest BCUT2D eigenvalue weighted by molar-refractivity contribution is 5.93. The van der Waals surface area contributed by atoms with Crippen LogP contribution in [0, 0.1) is 5.92 Å². The molecule has 0 fully saturated rings. The van der Waals surface area contributed by atoms with E-state index in [2.05, 4.69) is 16.0 Å². The smallest absolute Gasteiger partial charge is 0.322 e. The molecule has 10 nitrogen and oxygen atoms in total. The highest BCUT2D eigenvalue weighted by atomic mass is 16.4. The maximum Gasteiger partial charge on any atom is 0.322 e. The van der Waals surface area contributed by atoms with E-state index in [0.717, 1.165) is 0 Å². The van der Waals surface area contributed by atoms with E-state index >= 15 is 0 Å². The maximum absolute atomic E-state index is 12.2. The van der Waals surface area contributed by atoms with Gasteiger partial charge in [0.1, 0.15) is 18.6 Å². The molecule has 0 aromatic rings. The van der Waals surface area contributed by atoms with Gasteiger partial charge in [-0.15, -0.1) is 0 Å². The molecular formula is C14H26N4O6. The van der Waals surface area contributed by atoms with Crippen LogP contribution in [0.15, 0.2) is 0 Å². The molecule has 0 aliphatic heterocycles. The van der Waals surface area contributed by atoms with Gasteiger partial charge in [0.15, 0.2) is 0 Å². The third kappa shape index (κ3) is 7.38. The summed E-state index contributed by atoms with van der Waals surface area (Å²) in [6.07, 6.45) is 0.543. The maximum atomic E-state index is 12.2. The summed E-state index contributed by atoms with van der Waals surface area (Å²) in [7, 11) is 0. The monoisotopic (exact) mass is 346 g/mol. The van der Waals surface area contributed by atoms with E-state index in [1.807, 2.05) is 0 Å². The van der Waals surface area contributed by atoms with Crippen molar-refractivity contribution < 1.29 is 29.4 Å². The van der Waals surface area contributed by atoms with E-state index in [1.165, 1.54) is 6.92 Å². The Morgan fingerprint density at radius 3 is 2.04 bits per heavy atom. The molecule has 0 radical (unpaired) electrons. The van der Waals surface area contributed by atoms with Gasteiger partial charge in [0, 0.05) is 0 Å². The summed E-state index contributed by atoms with van der Waals surface area (Å²) in [5, 5.41) is 24.7. The summed E-state index contributed by atoms with van der Waals surface area (Å²) in [6, 6.07) is -3.12. The fraction of sp³-hybridized carbons (Fsp3) is 0.714. The second-order valence-corrected chi connectivity index (χ2v) is 5.52. The minimum atomic E-state index is -1.26. The number of carboxylic acids is 1. The zero-order valence-corrected chi connectivity index (χ0v) is 14.0. The minimum absolute atomic E-state index is 0.286. The van der Waals surface area contributed by atoms with Crippen LogP contribution in [0.3, 0.4) is 0 Å². The topological polar surface area (TPSA) is 171 Å². The normalized spacial score (nSPS) is 15.5. The zero-order chi connectivity index (χ0) is 18.9. The average Bonchev–Trinajstić information content (AvgIpc) is 2.53. The number of aliphatic hydroxyl groups excluding tert-OH is 1. The van der Waals surface area contributed by atoms with E-state index in [-0.39, 0.29) is 5.92 Å². The van der Waals surface area contributed by atoms with Crippen molar-refractivity contribution in [3.8, 4) is 0 Å². The van der Waals surface area contributed by atoms with Crippen molar-refractivity contribution in [3.63, 3.8) is 0 Å². The first kappa shape index (κ1) is 21.8. The van der Waals surface area contributed by atoms with Crippen molar-refractivity contribution >= 4 is 23.7 Å². The Morgan fingerprint density at radius 2 is 1.62 bits per heavy atom. The third-order valence-electron chi connectivity index (χ3n) is 3.44. The standard InChI is InChI=1S/C14H26N4O6/c1-4-7(2)11(14(24)16-5-10(20)21)18-13(23)9(6-19)17-12(22)8(3)15/h7-9,11,19H,4-6,15H2,1-3H3,(H,16,24)(H,17,22)(H,18,23)(H,20,21). The Labute approximate surface area is 140 Å². The van der Waals surface area contributed by atoms with Crippen molar-refractivity contribution in [1.29, 1.82) is 0 Å². The summed E-state index contributed by atoms with van der Waals surface area (Å²) in [6.45, 7) is 3.68. The van der Waals surface area contributed by atoms with Gasteiger partial charge in [0.25, 0.3) is 0 Å². The molecule has 3 amide bonds. The number of nitrogens with two attached hydrogens (primary N) is 1. The number of carbonyl (C=O) groups is 4. The lowest BCUT2D eigenvalue weighted by atomic mass is 9.98. The first-order chi connectivity index (χ1) is 11.1. The second-order valence-electron chi connectivity index (χ2n) is 5.52. The summed E-state index contributed by atoms with van der Waals surface area (Å²) in [5.74, 6) is -3.54. The molecule has 138 valence electrons. The quantitative estimate of drug-likeness (QED) is 0.255. The summed E-state index contributed by atoms with van der Waals surface area (Å²) >= 11 is 0. The number of aliphatic hydroxyl groups is 1. The molecule has 0 bridgehead atoms. The van der Waals surface area contributed by atoms with Crippen LogP contribution >= 0.6 is 0 Å². The number of hydrogen-bond acceptors (Lipinski definition) is 6. The van der Waals surface area contributed by atoms with Gasteiger partial charge in [-0.3, -0.25) is 19.2 Å².